The number of nitrogens with zero attached hydrogens (tertiary/aromatic N) is 1. The van der Waals surface area contributed by atoms with Crippen molar-refractivity contribution in [2.24, 2.45) is 0 Å². The predicted octanol–water partition coefficient (Wildman–Crippen LogP) is 3.19. The number of hydrogen-bond donors (Lipinski definition) is 1. The zero-order valence-corrected chi connectivity index (χ0v) is 12.5. The average molecular weight is 252 g/mol. The molecule has 18 heavy (non-hydrogen) atoms. The summed E-state index contributed by atoms with van der Waals surface area (Å²) in [7, 11) is 2.20. The molecule has 0 saturated heterocycles. The van der Waals surface area contributed by atoms with Gasteiger partial charge in [-0.3, -0.25) is 4.90 Å². The summed E-state index contributed by atoms with van der Waals surface area (Å²) in [6.45, 7) is 10.7. The van der Waals surface area contributed by atoms with Crippen LogP contribution in [0.3, 0.4) is 0 Å². The van der Waals surface area contributed by atoms with Gasteiger partial charge < -0.3 is 9.73 Å². The molecule has 1 N–H and O–H groups in total. The third kappa shape index (κ3) is 4.83. The number of rotatable bonds is 8. The van der Waals surface area contributed by atoms with E-state index in [0.29, 0.717) is 12.1 Å². The van der Waals surface area contributed by atoms with Gasteiger partial charge in [0.05, 0.1) is 6.26 Å². The Morgan fingerprint density at radius 2 is 2.11 bits per heavy atom. The molecule has 0 aromatic carbocycles. The highest BCUT2D eigenvalue weighted by atomic mass is 16.3. The van der Waals surface area contributed by atoms with Crippen LogP contribution in [0.1, 0.15) is 44.9 Å². The number of nitrogens with one attached hydrogen (secondary N) is 1. The minimum atomic E-state index is 0.549. The first-order valence-corrected chi connectivity index (χ1v) is 7.01. The highest BCUT2D eigenvalue weighted by Crippen LogP contribution is 2.14. The van der Waals surface area contributed by atoms with Crippen LogP contribution in [0, 0.1) is 6.92 Å². The van der Waals surface area contributed by atoms with Crippen molar-refractivity contribution < 1.29 is 4.42 Å². The Balaban J connectivity index is 2.53. The fraction of sp³-hybridized carbons (Fsp3) is 0.733. The van der Waals surface area contributed by atoms with Crippen molar-refractivity contribution in [2.75, 3.05) is 13.6 Å². The Morgan fingerprint density at radius 3 is 2.61 bits per heavy atom. The standard InChI is InChI=1S/C15H28N2O/c1-6-7-15(10-16-12(2)3)17(5)11-14-8-9-18-13(14)4/h8-9,12,15-16H,6-7,10-11H2,1-5H3. The van der Waals surface area contributed by atoms with E-state index in [1.54, 1.807) is 6.26 Å². The first kappa shape index (κ1) is 15.3. The van der Waals surface area contributed by atoms with Gasteiger partial charge in [0.25, 0.3) is 0 Å². The van der Waals surface area contributed by atoms with Crippen LogP contribution in [0.2, 0.25) is 0 Å². The summed E-state index contributed by atoms with van der Waals surface area (Å²) in [5, 5.41) is 3.54. The second-order valence-electron chi connectivity index (χ2n) is 5.42. The van der Waals surface area contributed by atoms with Gasteiger partial charge in [-0.1, -0.05) is 27.2 Å². The lowest BCUT2D eigenvalue weighted by atomic mass is 10.1. The van der Waals surface area contributed by atoms with Crippen molar-refractivity contribution in [2.45, 2.75) is 59.2 Å². The Bertz CT molecular complexity index is 333. The van der Waals surface area contributed by atoms with Gasteiger partial charge in [0.15, 0.2) is 0 Å². The Kier molecular flexibility index (Phi) is 6.44. The molecule has 0 amide bonds. The lowest BCUT2D eigenvalue weighted by Crippen LogP contribution is -2.41. The van der Waals surface area contributed by atoms with Gasteiger partial charge in [0.2, 0.25) is 0 Å². The number of aryl methyl sites for hydroxylation is 1. The Labute approximate surface area is 112 Å². The van der Waals surface area contributed by atoms with Crippen LogP contribution in [0.25, 0.3) is 0 Å². The molecule has 1 aromatic heterocycles. The minimum Gasteiger partial charge on any atom is -0.469 e. The molecule has 1 unspecified atom stereocenters. The fourth-order valence-corrected chi connectivity index (χ4v) is 2.16. The van der Waals surface area contributed by atoms with Crippen LogP contribution in [-0.4, -0.2) is 30.6 Å². The summed E-state index contributed by atoms with van der Waals surface area (Å²) in [5.74, 6) is 1.04. The summed E-state index contributed by atoms with van der Waals surface area (Å²) in [6.07, 6.45) is 4.23. The third-order valence-electron chi connectivity index (χ3n) is 3.39. The van der Waals surface area contributed by atoms with Gasteiger partial charge >= 0.3 is 0 Å². The quantitative estimate of drug-likeness (QED) is 0.770. The molecule has 0 radical (unpaired) electrons. The zero-order chi connectivity index (χ0) is 13.5. The lowest BCUT2D eigenvalue weighted by Gasteiger charge is -2.29. The van der Waals surface area contributed by atoms with Crippen LogP contribution < -0.4 is 5.32 Å². The molecule has 104 valence electrons. The van der Waals surface area contributed by atoms with E-state index in [1.807, 2.05) is 6.92 Å². The molecule has 0 spiro atoms. The summed E-state index contributed by atoms with van der Waals surface area (Å²) in [4.78, 5) is 2.43. The van der Waals surface area contributed by atoms with Crippen molar-refractivity contribution in [3.05, 3.63) is 23.7 Å². The molecule has 0 bridgehead atoms. The van der Waals surface area contributed by atoms with Crippen molar-refractivity contribution in [1.82, 2.24) is 10.2 Å². The number of likely N-dealkylation sites (N-methyl/N-ethyl adjacent to an activating group) is 1. The monoisotopic (exact) mass is 252 g/mol. The van der Waals surface area contributed by atoms with Crippen LogP contribution in [-0.2, 0) is 6.54 Å². The molecule has 3 nitrogen and oxygen atoms in total. The molecule has 0 aliphatic carbocycles. The first-order chi connectivity index (χ1) is 8.54. The maximum absolute atomic E-state index is 5.36. The van der Waals surface area contributed by atoms with E-state index < -0.39 is 0 Å². The van der Waals surface area contributed by atoms with Crippen LogP contribution >= 0.6 is 0 Å². The number of furan rings is 1. The van der Waals surface area contributed by atoms with Crippen LogP contribution in [0.4, 0.5) is 0 Å². The van der Waals surface area contributed by atoms with E-state index in [-0.39, 0.29) is 0 Å². The highest BCUT2D eigenvalue weighted by molar-refractivity contribution is 5.15. The topological polar surface area (TPSA) is 28.4 Å². The molecule has 0 aliphatic heterocycles. The molecular formula is C15H28N2O. The predicted molar refractivity (Wildman–Crippen MR) is 76.7 cm³/mol. The maximum atomic E-state index is 5.36. The van der Waals surface area contributed by atoms with Gasteiger partial charge in [-0.05, 0) is 26.5 Å². The van der Waals surface area contributed by atoms with Gasteiger partial charge in [-0.25, -0.2) is 0 Å². The average Bonchev–Trinajstić information content (AvgIpc) is 2.70. The van der Waals surface area contributed by atoms with E-state index in [2.05, 4.69) is 44.1 Å². The molecule has 1 aromatic rings. The molecule has 1 atom stereocenters. The van der Waals surface area contributed by atoms with Crippen LogP contribution in [0.5, 0.6) is 0 Å². The van der Waals surface area contributed by atoms with Crippen molar-refractivity contribution in [3.63, 3.8) is 0 Å². The third-order valence-corrected chi connectivity index (χ3v) is 3.39. The second kappa shape index (κ2) is 7.59. The van der Waals surface area contributed by atoms with Crippen molar-refractivity contribution >= 4 is 0 Å². The van der Waals surface area contributed by atoms with E-state index >= 15 is 0 Å². The van der Waals surface area contributed by atoms with E-state index in [9.17, 15) is 0 Å². The maximum Gasteiger partial charge on any atom is 0.105 e. The molecule has 0 fully saturated rings. The molecule has 1 rings (SSSR count). The molecule has 3 heteroatoms. The summed E-state index contributed by atoms with van der Waals surface area (Å²) >= 11 is 0. The Morgan fingerprint density at radius 1 is 1.39 bits per heavy atom. The van der Waals surface area contributed by atoms with Crippen LogP contribution in [0.15, 0.2) is 16.7 Å². The van der Waals surface area contributed by atoms with Gasteiger partial charge in [0, 0.05) is 30.7 Å². The summed E-state index contributed by atoms with van der Waals surface area (Å²) < 4.78 is 5.36. The van der Waals surface area contributed by atoms with E-state index in [4.69, 9.17) is 4.42 Å². The fourth-order valence-electron chi connectivity index (χ4n) is 2.16. The normalized spacial score (nSPS) is 13.5. The largest absolute Gasteiger partial charge is 0.469 e. The Hall–Kier alpha value is -0.800. The zero-order valence-electron chi connectivity index (χ0n) is 12.5. The summed E-state index contributed by atoms with van der Waals surface area (Å²) in [6, 6.07) is 3.21. The molecule has 0 aliphatic rings. The van der Waals surface area contributed by atoms with Gasteiger partial charge in [-0.2, -0.15) is 0 Å². The van der Waals surface area contributed by atoms with Crippen molar-refractivity contribution in [3.8, 4) is 0 Å². The summed E-state index contributed by atoms with van der Waals surface area (Å²) in [5.41, 5.74) is 1.29. The van der Waals surface area contributed by atoms with E-state index in [1.165, 1.54) is 18.4 Å². The smallest absolute Gasteiger partial charge is 0.105 e. The lowest BCUT2D eigenvalue weighted by molar-refractivity contribution is 0.210. The van der Waals surface area contributed by atoms with Crippen molar-refractivity contribution in [1.29, 1.82) is 0 Å². The molecule has 0 saturated carbocycles. The highest BCUT2D eigenvalue weighted by Gasteiger charge is 2.15. The van der Waals surface area contributed by atoms with Gasteiger partial charge in [-0.15, -0.1) is 0 Å². The minimum absolute atomic E-state index is 0.549. The van der Waals surface area contributed by atoms with E-state index in [0.717, 1.165) is 18.8 Å². The molecular weight excluding hydrogens is 224 g/mol. The number of hydrogen-bond acceptors (Lipinski definition) is 3. The first-order valence-electron chi connectivity index (χ1n) is 7.01. The second-order valence-corrected chi connectivity index (χ2v) is 5.42. The molecule has 1 heterocycles. The SMILES string of the molecule is CCCC(CNC(C)C)N(C)Cc1ccoc1C. The van der Waals surface area contributed by atoms with Gasteiger partial charge in [0.1, 0.15) is 5.76 Å².